The zero-order chi connectivity index (χ0) is 10.7. The summed E-state index contributed by atoms with van der Waals surface area (Å²) in [7, 11) is 0. The standard InChI is InChI=1S/C15H24O/c16-8-12-4-10-3-11-2-1-9-5-13(11)15(7-10)14(12)6-9/h9-16H,1-8H2. The van der Waals surface area contributed by atoms with Gasteiger partial charge in [0.1, 0.15) is 0 Å². The first kappa shape index (κ1) is 9.94. The molecule has 16 heavy (non-hydrogen) atoms. The van der Waals surface area contributed by atoms with E-state index in [2.05, 4.69) is 0 Å². The predicted molar refractivity (Wildman–Crippen MR) is 63.8 cm³/mol. The molecule has 4 rings (SSSR count). The minimum atomic E-state index is 0.474. The molecule has 0 heterocycles. The molecule has 0 aromatic rings. The molecule has 0 amide bonds. The van der Waals surface area contributed by atoms with E-state index in [0.29, 0.717) is 12.5 Å². The quantitative estimate of drug-likeness (QED) is 0.720. The molecular formula is C15H24O. The molecule has 0 saturated heterocycles. The van der Waals surface area contributed by atoms with E-state index in [1.807, 2.05) is 0 Å². The maximum atomic E-state index is 9.63. The molecule has 4 aliphatic carbocycles. The van der Waals surface area contributed by atoms with Crippen LogP contribution in [0.4, 0.5) is 0 Å². The van der Waals surface area contributed by atoms with Crippen LogP contribution in [0.15, 0.2) is 0 Å². The zero-order valence-corrected chi connectivity index (χ0v) is 10.1. The fraction of sp³-hybridized carbons (Fsp3) is 1.00. The van der Waals surface area contributed by atoms with Crippen molar-refractivity contribution < 1.29 is 5.11 Å². The van der Waals surface area contributed by atoms with Crippen molar-refractivity contribution in [2.24, 2.45) is 41.4 Å². The molecule has 1 nitrogen and oxygen atoms in total. The topological polar surface area (TPSA) is 20.2 Å². The molecular weight excluding hydrogens is 196 g/mol. The first-order chi connectivity index (χ1) is 7.85. The molecule has 1 N–H and O–H groups in total. The van der Waals surface area contributed by atoms with Gasteiger partial charge in [-0.15, -0.1) is 0 Å². The molecule has 7 atom stereocenters. The van der Waals surface area contributed by atoms with Crippen LogP contribution in [0.25, 0.3) is 0 Å². The van der Waals surface area contributed by atoms with Crippen molar-refractivity contribution >= 4 is 0 Å². The Labute approximate surface area is 98.6 Å². The Morgan fingerprint density at radius 3 is 2.44 bits per heavy atom. The molecule has 0 aliphatic heterocycles. The van der Waals surface area contributed by atoms with Gasteiger partial charge in [0.15, 0.2) is 0 Å². The highest BCUT2D eigenvalue weighted by atomic mass is 16.3. The molecule has 4 saturated carbocycles. The third kappa shape index (κ3) is 1.27. The molecule has 0 radical (unpaired) electrons. The second-order valence-electron chi connectivity index (χ2n) is 7.18. The van der Waals surface area contributed by atoms with Gasteiger partial charge < -0.3 is 5.11 Å². The summed E-state index contributed by atoms with van der Waals surface area (Å²) in [5, 5.41) is 9.63. The second-order valence-corrected chi connectivity index (χ2v) is 7.18. The van der Waals surface area contributed by atoms with Gasteiger partial charge in [0.25, 0.3) is 0 Å². The third-order valence-electron chi connectivity index (χ3n) is 6.58. The Morgan fingerprint density at radius 2 is 1.56 bits per heavy atom. The maximum absolute atomic E-state index is 9.63. The van der Waals surface area contributed by atoms with E-state index in [9.17, 15) is 5.11 Å². The highest BCUT2D eigenvalue weighted by Gasteiger charge is 2.52. The molecule has 1 heteroatoms. The fourth-order valence-corrected chi connectivity index (χ4v) is 6.07. The fourth-order valence-electron chi connectivity index (χ4n) is 6.07. The number of rotatable bonds is 1. The Kier molecular flexibility index (Phi) is 2.16. The average Bonchev–Trinajstić information content (AvgIpc) is 2.35. The Bertz CT molecular complexity index is 282. The first-order valence-electron chi connectivity index (χ1n) is 7.46. The van der Waals surface area contributed by atoms with Crippen molar-refractivity contribution in [3.8, 4) is 0 Å². The number of hydrogen-bond acceptors (Lipinski definition) is 1. The number of aliphatic hydroxyl groups is 1. The van der Waals surface area contributed by atoms with Crippen LogP contribution >= 0.6 is 0 Å². The van der Waals surface area contributed by atoms with Crippen LogP contribution in [-0.2, 0) is 0 Å². The van der Waals surface area contributed by atoms with E-state index in [1.165, 1.54) is 32.1 Å². The van der Waals surface area contributed by atoms with E-state index in [0.717, 1.165) is 35.5 Å². The molecule has 7 unspecified atom stereocenters. The van der Waals surface area contributed by atoms with Crippen molar-refractivity contribution in [1.82, 2.24) is 0 Å². The zero-order valence-electron chi connectivity index (χ0n) is 10.1. The molecule has 4 aliphatic rings. The largest absolute Gasteiger partial charge is 0.396 e. The average molecular weight is 220 g/mol. The molecule has 0 spiro atoms. The van der Waals surface area contributed by atoms with E-state index < -0.39 is 0 Å². The van der Waals surface area contributed by atoms with E-state index in [1.54, 1.807) is 12.8 Å². The molecule has 90 valence electrons. The summed E-state index contributed by atoms with van der Waals surface area (Å²) in [5.41, 5.74) is 0. The highest BCUT2D eigenvalue weighted by molar-refractivity contribution is 5.02. The first-order valence-corrected chi connectivity index (χ1v) is 7.46. The third-order valence-corrected chi connectivity index (χ3v) is 6.58. The van der Waals surface area contributed by atoms with Gasteiger partial charge in [0.2, 0.25) is 0 Å². The lowest BCUT2D eigenvalue weighted by atomic mass is 9.47. The summed E-state index contributed by atoms with van der Waals surface area (Å²) in [5.74, 6) is 6.78. The maximum Gasteiger partial charge on any atom is 0.0462 e. The van der Waals surface area contributed by atoms with Crippen LogP contribution in [-0.4, -0.2) is 11.7 Å². The molecule has 4 fully saturated rings. The van der Waals surface area contributed by atoms with Crippen molar-refractivity contribution in [3.63, 3.8) is 0 Å². The van der Waals surface area contributed by atoms with E-state index in [4.69, 9.17) is 0 Å². The van der Waals surface area contributed by atoms with E-state index in [-0.39, 0.29) is 0 Å². The lowest BCUT2D eigenvalue weighted by molar-refractivity contribution is -0.0998. The van der Waals surface area contributed by atoms with Crippen molar-refractivity contribution in [2.45, 2.75) is 44.9 Å². The van der Waals surface area contributed by atoms with Gasteiger partial charge in [-0.1, -0.05) is 6.42 Å². The number of hydrogen-bond donors (Lipinski definition) is 1. The van der Waals surface area contributed by atoms with Crippen LogP contribution in [0.2, 0.25) is 0 Å². The smallest absolute Gasteiger partial charge is 0.0462 e. The lowest BCUT2D eigenvalue weighted by Crippen LogP contribution is -2.51. The van der Waals surface area contributed by atoms with Crippen LogP contribution in [0.3, 0.4) is 0 Å². The van der Waals surface area contributed by atoms with Gasteiger partial charge in [-0.3, -0.25) is 0 Å². The van der Waals surface area contributed by atoms with Gasteiger partial charge in [0.05, 0.1) is 0 Å². The van der Waals surface area contributed by atoms with Crippen LogP contribution in [0.1, 0.15) is 44.9 Å². The Balaban J connectivity index is 1.69. The van der Waals surface area contributed by atoms with Crippen molar-refractivity contribution in [2.75, 3.05) is 6.61 Å². The van der Waals surface area contributed by atoms with Crippen molar-refractivity contribution in [3.05, 3.63) is 0 Å². The predicted octanol–water partition coefficient (Wildman–Crippen LogP) is 3.08. The monoisotopic (exact) mass is 220 g/mol. The lowest BCUT2D eigenvalue weighted by Gasteiger charge is -2.59. The van der Waals surface area contributed by atoms with E-state index >= 15 is 0 Å². The van der Waals surface area contributed by atoms with Crippen molar-refractivity contribution in [1.29, 1.82) is 0 Å². The summed E-state index contributed by atoms with van der Waals surface area (Å²) in [6, 6.07) is 0. The summed E-state index contributed by atoms with van der Waals surface area (Å²) in [6.45, 7) is 0.474. The SMILES string of the molecule is OCC1CC2CC3CCC4CC1C(C2)C3C4. The minimum Gasteiger partial charge on any atom is -0.396 e. The molecule has 0 aromatic heterocycles. The Hall–Kier alpha value is -0.0400. The minimum absolute atomic E-state index is 0.474. The van der Waals surface area contributed by atoms with Gasteiger partial charge >= 0.3 is 0 Å². The summed E-state index contributed by atoms with van der Waals surface area (Å²) in [6.07, 6.45) is 10.5. The summed E-state index contributed by atoms with van der Waals surface area (Å²) < 4.78 is 0. The second kappa shape index (κ2) is 3.48. The number of aliphatic hydroxyl groups excluding tert-OH is 1. The van der Waals surface area contributed by atoms with Crippen LogP contribution in [0, 0.1) is 41.4 Å². The van der Waals surface area contributed by atoms with Gasteiger partial charge in [-0.25, -0.2) is 0 Å². The molecule has 4 bridgehead atoms. The van der Waals surface area contributed by atoms with Gasteiger partial charge in [0, 0.05) is 6.61 Å². The van der Waals surface area contributed by atoms with Gasteiger partial charge in [-0.2, -0.15) is 0 Å². The molecule has 0 aromatic carbocycles. The number of fused-ring (bicyclic) bond motifs is 2. The Morgan fingerprint density at radius 1 is 0.750 bits per heavy atom. The highest BCUT2D eigenvalue weighted by Crippen LogP contribution is 2.61. The summed E-state index contributed by atoms with van der Waals surface area (Å²) in [4.78, 5) is 0. The van der Waals surface area contributed by atoms with Gasteiger partial charge in [-0.05, 0) is 80.0 Å². The van der Waals surface area contributed by atoms with Crippen LogP contribution < -0.4 is 0 Å². The van der Waals surface area contributed by atoms with Crippen LogP contribution in [0.5, 0.6) is 0 Å². The normalized spacial score (nSPS) is 58.7. The summed E-state index contributed by atoms with van der Waals surface area (Å²) >= 11 is 0.